The first-order valence-corrected chi connectivity index (χ1v) is 8.54. The van der Waals surface area contributed by atoms with Gasteiger partial charge in [-0.25, -0.2) is 0 Å². The lowest BCUT2D eigenvalue weighted by Gasteiger charge is -2.33. The van der Waals surface area contributed by atoms with Crippen LogP contribution in [0.15, 0.2) is 30.3 Å². The zero-order chi connectivity index (χ0) is 15.6. The molecule has 22 heavy (non-hydrogen) atoms. The zero-order valence-corrected chi connectivity index (χ0v) is 13.6. The van der Waals surface area contributed by atoms with E-state index in [1.165, 1.54) is 5.56 Å². The van der Waals surface area contributed by atoms with Crippen LogP contribution in [0.25, 0.3) is 5.57 Å². The van der Waals surface area contributed by atoms with Gasteiger partial charge in [-0.3, -0.25) is 4.79 Å². The van der Waals surface area contributed by atoms with Crippen LogP contribution in [0.1, 0.15) is 50.7 Å². The van der Waals surface area contributed by atoms with Crippen LogP contribution in [-0.2, 0) is 10.2 Å². The number of amides is 1. The van der Waals surface area contributed by atoms with Gasteiger partial charge < -0.3 is 10.6 Å². The van der Waals surface area contributed by atoms with Gasteiger partial charge in [0, 0.05) is 17.0 Å². The van der Waals surface area contributed by atoms with Gasteiger partial charge in [-0.05, 0) is 49.9 Å². The Morgan fingerprint density at radius 3 is 2.59 bits per heavy atom. The van der Waals surface area contributed by atoms with Crippen molar-refractivity contribution in [3.8, 4) is 0 Å². The number of benzene rings is 1. The SMILES string of the molecule is CCC(CC)NC(=O)C1=CC2(CCNCC2)c2ccccc21. The molecule has 1 saturated heterocycles. The van der Waals surface area contributed by atoms with Crippen molar-refractivity contribution in [2.24, 2.45) is 0 Å². The first-order valence-electron chi connectivity index (χ1n) is 8.54. The number of allylic oxidation sites excluding steroid dienone is 1. The van der Waals surface area contributed by atoms with Crippen LogP contribution in [0.3, 0.4) is 0 Å². The lowest BCUT2D eigenvalue weighted by Crippen LogP contribution is -2.37. The molecule has 0 unspecified atom stereocenters. The predicted molar refractivity (Wildman–Crippen MR) is 90.7 cm³/mol. The molecule has 1 aliphatic heterocycles. The van der Waals surface area contributed by atoms with Crippen LogP contribution in [0, 0.1) is 0 Å². The molecule has 3 heteroatoms. The molecular weight excluding hydrogens is 272 g/mol. The van der Waals surface area contributed by atoms with Crippen molar-refractivity contribution in [3.63, 3.8) is 0 Å². The van der Waals surface area contributed by atoms with Gasteiger partial charge in [-0.15, -0.1) is 0 Å². The molecular formula is C19H26N2O. The lowest BCUT2D eigenvalue weighted by molar-refractivity contribution is -0.116. The van der Waals surface area contributed by atoms with Crippen molar-refractivity contribution in [1.29, 1.82) is 0 Å². The van der Waals surface area contributed by atoms with E-state index in [-0.39, 0.29) is 17.4 Å². The molecule has 0 atom stereocenters. The first kappa shape index (κ1) is 15.3. The highest BCUT2D eigenvalue weighted by atomic mass is 16.1. The number of fused-ring (bicyclic) bond motifs is 2. The van der Waals surface area contributed by atoms with Crippen molar-refractivity contribution < 1.29 is 4.79 Å². The Labute approximate surface area is 133 Å². The average Bonchev–Trinajstić information content (AvgIpc) is 2.88. The van der Waals surface area contributed by atoms with Gasteiger partial charge in [0.05, 0.1) is 0 Å². The van der Waals surface area contributed by atoms with E-state index in [1.807, 2.05) is 6.07 Å². The minimum absolute atomic E-state index is 0.0580. The molecule has 3 nitrogen and oxygen atoms in total. The predicted octanol–water partition coefficient (Wildman–Crippen LogP) is 3.01. The van der Waals surface area contributed by atoms with Crippen molar-refractivity contribution in [2.45, 2.75) is 51.0 Å². The first-order chi connectivity index (χ1) is 10.7. The maximum atomic E-state index is 12.8. The molecule has 1 heterocycles. The highest BCUT2D eigenvalue weighted by molar-refractivity contribution is 6.21. The number of hydrogen-bond donors (Lipinski definition) is 2. The summed E-state index contributed by atoms with van der Waals surface area (Å²) in [6.07, 6.45) is 6.35. The summed E-state index contributed by atoms with van der Waals surface area (Å²) >= 11 is 0. The number of hydrogen-bond acceptors (Lipinski definition) is 2. The Morgan fingerprint density at radius 2 is 1.91 bits per heavy atom. The summed E-state index contributed by atoms with van der Waals surface area (Å²) in [7, 11) is 0. The molecule has 1 spiro atoms. The highest BCUT2D eigenvalue weighted by Crippen LogP contribution is 2.45. The molecule has 1 amide bonds. The van der Waals surface area contributed by atoms with E-state index in [1.54, 1.807) is 0 Å². The smallest absolute Gasteiger partial charge is 0.251 e. The third-order valence-corrected chi connectivity index (χ3v) is 5.24. The number of carbonyl (C=O) groups excluding carboxylic acids is 1. The molecule has 1 aliphatic carbocycles. The Morgan fingerprint density at radius 1 is 1.23 bits per heavy atom. The molecule has 1 aromatic rings. The molecule has 118 valence electrons. The number of nitrogens with one attached hydrogen (secondary N) is 2. The monoisotopic (exact) mass is 298 g/mol. The molecule has 2 N–H and O–H groups in total. The Bertz CT molecular complexity index is 581. The van der Waals surface area contributed by atoms with Gasteiger partial charge in [0.25, 0.3) is 5.91 Å². The second-order valence-corrected chi connectivity index (χ2v) is 6.50. The van der Waals surface area contributed by atoms with E-state index < -0.39 is 0 Å². The summed E-state index contributed by atoms with van der Waals surface area (Å²) in [5.74, 6) is 0.0940. The van der Waals surface area contributed by atoms with E-state index in [0.29, 0.717) is 0 Å². The van der Waals surface area contributed by atoms with Crippen LogP contribution in [-0.4, -0.2) is 25.0 Å². The number of carbonyl (C=O) groups is 1. The summed E-state index contributed by atoms with van der Waals surface area (Å²) in [5.41, 5.74) is 3.41. The Kier molecular flexibility index (Phi) is 4.34. The topological polar surface area (TPSA) is 41.1 Å². The Hall–Kier alpha value is -1.61. The number of rotatable bonds is 4. The highest BCUT2D eigenvalue weighted by Gasteiger charge is 2.40. The summed E-state index contributed by atoms with van der Waals surface area (Å²) in [5, 5.41) is 6.63. The van der Waals surface area contributed by atoms with E-state index in [9.17, 15) is 4.79 Å². The second kappa shape index (κ2) is 6.25. The fourth-order valence-corrected chi connectivity index (χ4v) is 3.81. The maximum Gasteiger partial charge on any atom is 0.251 e. The third-order valence-electron chi connectivity index (χ3n) is 5.24. The molecule has 0 saturated carbocycles. The normalized spacial score (nSPS) is 19.1. The van der Waals surface area contributed by atoms with Gasteiger partial charge in [0.2, 0.25) is 0 Å². The standard InChI is InChI=1S/C19H26N2O/c1-3-14(4-2)21-18(22)16-13-19(9-11-20-12-10-19)17-8-6-5-7-15(16)17/h5-8,13-14,20H,3-4,9-12H2,1-2H3,(H,21,22). The minimum atomic E-state index is 0.0580. The molecule has 3 rings (SSSR count). The maximum absolute atomic E-state index is 12.8. The van der Waals surface area contributed by atoms with Crippen molar-refractivity contribution >= 4 is 11.5 Å². The van der Waals surface area contributed by atoms with Crippen LogP contribution in [0.5, 0.6) is 0 Å². The third kappa shape index (κ3) is 2.58. The van der Waals surface area contributed by atoms with Gasteiger partial charge in [0.1, 0.15) is 0 Å². The largest absolute Gasteiger partial charge is 0.349 e. The fraction of sp³-hybridized carbons (Fsp3) is 0.526. The summed E-state index contributed by atoms with van der Waals surface area (Å²) < 4.78 is 0. The van der Waals surface area contributed by atoms with Crippen LogP contribution in [0.4, 0.5) is 0 Å². The van der Waals surface area contributed by atoms with Gasteiger partial charge in [-0.1, -0.05) is 44.2 Å². The van der Waals surface area contributed by atoms with E-state index in [0.717, 1.165) is 49.9 Å². The lowest BCUT2D eigenvalue weighted by atomic mass is 9.75. The van der Waals surface area contributed by atoms with E-state index in [4.69, 9.17) is 0 Å². The van der Waals surface area contributed by atoms with Crippen LogP contribution in [0.2, 0.25) is 0 Å². The van der Waals surface area contributed by atoms with E-state index in [2.05, 4.69) is 48.8 Å². The van der Waals surface area contributed by atoms with Gasteiger partial charge >= 0.3 is 0 Å². The fourth-order valence-electron chi connectivity index (χ4n) is 3.81. The average molecular weight is 298 g/mol. The minimum Gasteiger partial charge on any atom is -0.349 e. The molecule has 2 aliphatic rings. The van der Waals surface area contributed by atoms with Crippen molar-refractivity contribution in [3.05, 3.63) is 41.5 Å². The Balaban J connectivity index is 1.93. The van der Waals surface area contributed by atoms with Crippen LogP contribution < -0.4 is 10.6 Å². The van der Waals surface area contributed by atoms with E-state index >= 15 is 0 Å². The van der Waals surface area contributed by atoms with Gasteiger partial charge in [-0.2, -0.15) is 0 Å². The van der Waals surface area contributed by atoms with Crippen molar-refractivity contribution in [1.82, 2.24) is 10.6 Å². The number of piperidine rings is 1. The second-order valence-electron chi connectivity index (χ2n) is 6.50. The molecule has 0 bridgehead atoms. The summed E-state index contributed by atoms with van der Waals surface area (Å²) in [6, 6.07) is 8.71. The molecule has 0 aromatic heterocycles. The molecule has 0 radical (unpaired) electrons. The summed E-state index contributed by atoms with van der Waals surface area (Å²) in [6.45, 7) is 6.29. The molecule has 1 fully saturated rings. The molecule has 1 aromatic carbocycles. The van der Waals surface area contributed by atoms with Gasteiger partial charge in [0.15, 0.2) is 0 Å². The zero-order valence-electron chi connectivity index (χ0n) is 13.6. The van der Waals surface area contributed by atoms with Crippen molar-refractivity contribution in [2.75, 3.05) is 13.1 Å². The van der Waals surface area contributed by atoms with Crippen LogP contribution >= 0.6 is 0 Å². The summed E-state index contributed by atoms with van der Waals surface area (Å²) in [4.78, 5) is 12.8. The quantitative estimate of drug-likeness (QED) is 0.897.